The van der Waals surface area contributed by atoms with E-state index in [1.54, 1.807) is 32.0 Å². The average Bonchev–Trinajstić information content (AvgIpc) is 2.99. The van der Waals surface area contributed by atoms with E-state index in [1.165, 1.54) is 0 Å². The first-order valence-electron chi connectivity index (χ1n) is 7.82. The zero-order chi connectivity index (χ0) is 17.3. The van der Waals surface area contributed by atoms with E-state index in [2.05, 4.69) is 10.6 Å². The summed E-state index contributed by atoms with van der Waals surface area (Å²) < 4.78 is 5.43. The standard InChI is InChI=1S/C18H20N2O4/c1-11-7-8-15(24-11)18(2,23)10-19-17(22)13-9-16(21)20-14-6-4-3-5-12(13)14/h3-8,13,23H,9-10H2,1-2H3,(H,19,22)(H,20,21). The molecule has 0 fully saturated rings. The summed E-state index contributed by atoms with van der Waals surface area (Å²) in [7, 11) is 0. The van der Waals surface area contributed by atoms with Crippen molar-refractivity contribution in [2.24, 2.45) is 0 Å². The quantitative estimate of drug-likeness (QED) is 0.801. The Balaban J connectivity index is 1.72. The number of para-hydroxylation sites is 1. The second-order valence-corrected chi connectivity index (χ2v) is 6.29. The molecule has 2 amide bonds. The van der Waals surface area contributed by atoms with Gasteiger partial charge >= 0.3 is 0 Å². The summed E-state index contributed by atoms with van der Waals surface area (Å²) in [6, 6.07) is 10.7. The van der Waals surface area contributed by atoms with Crippen LogP contribution in [0.4, 0.5) is 5.69 Å². The van der Waals surface area contributed by atoms with E-state index >= 15 is 0 Å². The van der Waals surface area contributed by atoms with E-state index in [0.29, 0.717) is 17.2 Å². The van der Waals surface area contributed by atoms with Gasteiger partial charge in [-0.05, 0) is 37.6 Å². The fourth-order valence-corrected chi connectivity index (χ4v) is 2.84. The van der Waals surface area contributed by atoms with Crippen molar-refractivity contribution < 1.29 is 19.1 Å². The van der Waals surface area contributed by atoms with Gasteiger partial charge < -0.3 is 20.2 Å². The number of hydrogen-bond donors (Lipinski definition) is 3. The number of amides is 2. The fraction of sp³-hybridized carbons (Fsp3) is 0.333. The van der Waals surface area contributed by atoms with Gasteiger partial charge in [0.1, 0.15) is 17.1 Å². The number of carbonyl (C=O) groups excluding carboxylic acids is 2. The Morgan fingerprint density at radius 2 is 2.12 bits per heavy atom. The number of carbonyl (C=O) groups is 2. The molecular weight excluding hydrogens is 308 g/mol. The van der Waals surface area contributed by atoms with Crippen LogP contribution in [0.15, 0.2) is 40.8 Å². The maximum absolute atomic E-state index is 12.6. The van der Waals surface area contributed by atoms with Crippen LogP contribution in [0.2, 0.25) is 0 Å². The van der Waals surface area contributed by atoms with Crippen molar-refractivity contribution >= 4 is 17.5 Å². The number of anilines is 1. The highest BCUT2D eigenvalue weighted by Gasteiger charge is 2.33. The van der Waals surface area contributed by atoms with E-state index in [1.807, 2.05) is 18.2 Å². The lowest BCUT2D eigenvalue weighted by atomic mass is 9.89. The van der Waals surface area contributed by atoms with Gasteiger partial charge in [-0.1, -0.05) is 18.2 Å². The highest BCUT2D eigenvalue weighted by Crippen LogP contribution is 2.32. The molecule has 3 N–H and O–H groups in total. The summed E-state index contributed by atoms with van der Waals surface area (Å²) in [4.78, 5) is 24.4. The number of nitrogens with one attached hydrogen (secondary N) is 2. The van der Waals surface area contributed by atoms with E-state index in [0.717, 1.165) is 5.56 Å². The molecule has 24 heavy (non-hydrogen) atoms. The van der Waals surface area contributed by atoms with Gasteiger partial charge in [0.15, 0.2) is 0 Å². The van der Waals surface area contributed by atoms with E-state index < -0.39 is 11.5 Å². The van der Waals surface area contributed by atoms with Crippen LogP contribution in [0, 0.1) is 6.92 Å². The molecule has 2 heterocycles. The van der Waals surface area contributed by atoms with Crippen LogP contribution < -0.4 is 10.6 Å². The molecule has 0 saturated carbocycles. The van der Waals surface area contributed by atoms with Crippen LogP contribution in [0.3, 0.4) is 0 Å². The number of aliphatic hydroxyl groups is 1. The van der Waals surface area contributed by atoms with Gasteiger partial charge in [-0.2, -0.15) is 0 Å². The van der Waals surface area contributed by atoms with Gasteiger partial charge in [0.05, 0.1) is 12.5 Å². The molecule has 1 aromatic carbocycles. The van der Waals surface area contributed by atoms with Crippen molar-refractivity contribution in [1.82, 2.24) is 5.32 Å². The maximum Gasteiger partial charge on any atom is 0.228 e. The maximum atomic E-state index is 12.6. The third kappa shape index (κ3) is 3.19. The Hall–Kier alpha value is -2.60. The molecule has 0 radical (unpaired) electrons. The SMILES string of the molecule is Cc1ccc(C(C)(O)CNC(=O)C2CC(=O)Nc3ccccc32)o1. The molecule has 6 heteroatoms. The highest BCUT2D eigenvalue weighted by molar-refractivity contribution is 6.01. The largest absolute Gasteiger partial charge is 0.463 e. The van der Waals surface area contributed by atoms with Gasteiger partial charge in [0, 0.05) is 12.1 Å². The van der Waals surface area contributed by atoms with Gasteiger partial charge in [0.2, 0.25) is 11.8 Å². The summed E-state index contributed by atoms with van der Waals surface area (Å²) >= 11 is 0. The Morgan fingerprint density at radius 1 is 1.38 bits per heavy atom. The van der Waals surface area contributed by atoms with Crippen molar-refractivity contribution in [3.05, 3.63) is 53.5 Å². The first-order valence-corrected chi connectivity index (χ1v) is 7.82. The van der Waals surface area contributed by atoms with E-state index in [-0.39, 0.29) is 24.8 Å². The van der Waals surface area contributed by atoms with Crippen LogP contribution in [0.25, 0.3) is 0 Å². The first kappa shape index (κ1) is 16.3. The predicted octanol–water partition coefficient (Wildman–Crippen LogP) is 2.04. The molecule has 2 atom stereocenters. The Morgan fingerprint density at radius 3 is 2.83 bits per heavy atom. The van der Waals surface area contributed by atoms with E-state index in [9.17, 15) is 14.7 Å². The topological polar surface area (TPSA) is 91.6 Å². The minimum atomic E-state index is -1.32. The Bertz CT molecular complexity index is 779. The number of hydrogen-bond acceptors (Lipinski definition) is 4. The molecule has 0 aliphatic carbocycles. The zero-order valence-electron chi connectivity index (χ0n) is 13.6. The molecule has 126 valence electrons. The second-order valence-electron chi connectivity index (χ2n) is 6.29. The summed E-state index contributed by atoms with van der Waals surface area (Å²) in [5.74, 6) is 0.0313. The number of rotatable bonds is 4. The molecule has 1 aliphatic heterocycles. The molecule has 6 nitrogen and oxygen atoms in total. The highest BCUT2D eigenvalue weighted by atomic mass is 16.4. The molecule has 0 spiro atoms. The Labute approximate surface area is 139 Å². The molecule has 3 rings (SSSR count). The lowest BCUT2D eigenvalue weighted by molar-refractivity contribution is -0.127. The van der Waals surface area contributed by atoms with Gasteiger partial charge in [-0.15, -0.1) is 0 Å². The number of aryl methyl sites for hydroxylation is 1. The molecule has 1 aliphatic rings. The van der Waals surface area contributed by atoms with Gasteiger partial charge in [-0.25, -0.2) is 0 Å². The molecule has 2 aromatic rings. The van der Waals surface area contributed by atoms with Crippen LogP contribution >= 0.6 is 0 Å². The molecule has 1 aromatic heterocycles. The first-order chi connectivity index (χ1) is 11.4. The smallest absolute Gasteiger partial charge is 0.228 e. The van der Waals surface area contributed by atoms with Crippen molar-refractivity contribution in [2.75, 3.05) is 11.9 Å². The third-order valence-electron chi connectivity index (χ3n) is 4.19. The predicted molar refractivity (Wildman–Crippen MR) is 88.5 cm³/mol. The van der Waals surface area contributed by atoms with Crippen LogP contribution in [-0.2, 0) is 15.2 Å². The van der Waals surface area contributed by atoms with Gasteiger partial charge in [-0.3, -0.25) is 9.59 Å². The minimum absolute atomic E-state index is 0.000920. The van der Waals surface area contributed by atoms with E-state index in [4.69, 9.17) is 4.42 Å². The van der Waals surface area contributed by atoms with Crippen LogP contribution in [0.5, 0.6) is 0 Å². The second kappa shape index (κ2) is 6.13. The lowest BCUT2D eigenvalue weighted by Crippen LogP contribution is -2.42. The molecule has 0 saturated heterocycles. The minimum Gasteiger partial charge on any atom is -0.463 e. The lowest BCUT2D eigenvalue weighted by Gasteiger charge is -2.27. The molecular formula is C18H20N2O4. The Kier molecular flexibility index (Phi) is 4.15. The van der Waals surface area contributed by atoms with Crippen molar-refractivity contribution in [1.29, 1.82) is 0 Å². The van der Waals surface area contributed by atoms with Crippen molar-refractivity contribution in [2.45, 2.75) is 31.8 Å². The monoisotopic (exact) mass is 328 g/mol. The molecule has 2 unspecified atom stereocenters. The number of benzene rings is 1. The summed E-state index contributed by atoms with van der Waals surface area (Å²) in [6.07, 6.45) is 0.0881. The van der Waals surface area contributed by atoms with Gasteiger partial charge in [0.25, 0.3) is 0 Å². The summed E-state index contributed by atoms with van der Waals surface area (Å²) in [6.45, 7) is 3.36. The van der Waals surface area contributed by atoms with Crippen molar-refractivity contribution in [3.8, 4) is 0 Å². The van der Waals surface area contributed by atoms with Crippen LogP contribution in [0.1, 0.15) is 36.3 Å². The summed E-state index contributed by atoms with van der Waals surface area (Å²) in [5.41, 5.74) is 0.116. The van der Waals surface area contributed by atoms with Crippen molar-refractivity contribution in [3.63, 3.8) is 0 Å². The zero-order valence-corrected chi connectivity index (χ0v) is 13.6. The third-order valence-corrected chi connectivity index (χ3v) is 4.19. The number of furan rings is 1. The number of fused-ring (bicyclic) bond motifs is 1. The average molecular weight is 328 g/mol. The van der Waals surface area contributed by atoms with Crippen LogP contribution in [-0.4, -0.2) is 23.5 Å². The summed E-state index contributed by atoms with van der Waals surface area (Å²) in [5, 5.41) is 16.0. The normalized spacial score (nSPS) is 19.1. The molecule has 0 bridgehead atoms. The fourth-order valence-electron chi connectivity index (χ4n) is 2.84.